The maximum Gasteiger partial charge on any atom is 0.303 e. The quantitative estimate of drug-likeness (QED) is 0.878. The number of aliphatic carboxylic acids is 1. The first-order valence-electron chi connectivity index (χ1n) is 7.52. The lowest BCUT2D eigenvalue weighted by Gasteiger charge is -2.30. The smallest absolute Gasteiger partial charge is 0.303 e. The average molecular weight is 301 g/mol. The Bertz CT molecular complexity index is 627. The van der Waals surface area contributed by atoms with Crippen molar-refractivity contribution >= 4 is 5.97 Å². The molecule has 0 saturated carbocycles. The molecule has 6 nitrogen and oxygen atoms in total. The molecule has 1 saturated heterocycles. The fourth-order valence-electron chi connectivity index (χ4n) is 3.02. The number of carboxylic acid groups (broad SMARTS) is 1. The fraction of sp³-hybridized carbons (Fsp3) is 0.438. The van der Waals surface area contributed by atoms with E-state index in [1.54, 1.807) is 6.20 Å². The normalized spacial score (nSPS) is 21.6. The number of aromatic nitrogens is 2. The SMILES string of the molecule is O=C(O)CC1CCNCC1Cc1cc(-c2ccccn2)on1. The Kier molecular flexibility index (Phi) is 4.48. The molecule has 2 atom stereocenters. The van der Waals surface area contributed by atoms with Gasteiger partial charge in [-0.2, -0.15) is 0 Å². The van der Waals surface area contributed by atoms with E-state index in [9.17, 15) is 4.79 Å². The van der Waals surface area contributed by atoms with Gasteiger partial charge < -0.3 is 14.9 Å². The van der Waals surface area contributed by atoms with E-state index < -0.39 is 5.97 Å². The number of rotatable bonds is 5. The highest BCUT2D eigenvalue weighted by Crippen LogP contribution is 2.27. The van der Waals surface area contributed by atoms with Gasteiger partial charge in [0.2, 0.25) is 0 Å². The Morgan fingerprint density at radius 1 is 1.41 bits per heavy atom. The van der Waals surface area contributed by atoms with E-state index in [1.807, 2.05) is 24.3 Å². The van der Waals surface area contributed by atoms with Crippen LogP contribution < -0.4 is 5.32 Å². The lowest BCUT2D eigenvalue weighted by molar-refractivity contribution is -0.138. The Balaban J connectivity index is 1.69. The van der Waals surface area contributed by atoms with E-state index in [-0.39, 0.29) is 18.3 Å². The number of pyridine rings is 1. The molecule has 0 amide bonds. The molecule has 22 heavy (non-hydrogen) atoms. The van der Waals surface area contributed by atoms with Crippen LogP contribution in [0.25, 0.3) is 11.5 Å². The zero-order valence-corrected chi connectivity index (χ0v) is 12.2. The summed E-state index contributed by atoms with van der Waals surface area (Å²) >= 11 is 0. The Morgan fingerprint density at radius 2 is 2.32 bits per heavy atom. The molecule has 0 spiro atoms. The molecule has 1 fully saturated rings. The van der Waals surface area contributed by atoms with Crippen LogP contribution >= 0.6 is 0 Å². The van der Waals surface area contributed by atoms with Gasteiger partial charge in [0.25, 0.3) is 0 Å². The lowest BCUT2D eigenvalue weighted by Crippen LogP contribution is -2.38. The highest BCUT2D eigenvalue weighted by molar-refractivity contribution is 5.67. The first kappa shape index (κ1) is 14.7. The number of piperidine rings is 1. The van der Waals surface area contributed by atoms with Crippen LogP contribution in [0, 0.1) is 11.8 Å². The summed E-state index contributed by atoms with van der Waals surface area (Å²) in [6, 6.07) is 7.53. The van der Waals surface area contributed by atoms with E-state index in [0.29, 0.717) is 5.76 Å². The molecule has 3 rings (SSSR count). The Labute approximate surface area is 128 Å². The van der Waals surface area contributed by atoms with Crippen molar-refractivity contribution in [2.24, 2.45) is 11.8 Å². The minimum Gasteiger partial charge on any atom is -0.481 e. The molecule has 116 valence electrons. The average Bonchev–Trinajstić information content (AvgIpc) is 2.98. The topological polar surface area (TPSA) is 88.2 Å². The van der Waals surface area contributed by atoms with Gasteiger partial charge in [-0.3, -0.25) is 9.78 Å². The third kappa shape index (κ3) is 3.51. The fourth-order valence-corrected chi connectivity index (χ4v) is 3.02. The summed E-state index contributed by atoms with van der Waals surface area (Å²) in [6.07, 6.45) is 3.55. The number of hydrogen-bond acceptors (Lipinski definition) is 5. The molecule has 2 N–H and O–H groups in total. The molecule has 2 aromatic heterocycles. The van der Waals surface area contributed by atoms with E-state index in [1.165, 1.54) is 0 Å². The van der Waals surface area contributed by atoms with Crippen LogP contribution in [0.15, 0.2) is 35.0 Å². The lowest BCUT2D eigenvalue weighted by atomic mass is 9.81. The van der Waals surface area contributed by atoms with Crippen molar-refractivity contribution in [1.82, 2.24) is 15.5 Å². The third-order valence-electron chi connectivity index (χ3n) is 4.15. The second kappa shape index (κ2) is 6.70. The van der Waals surface area contributed by atoms with Crippen molar-refractivity contribution in [3.8, 4) is 11.5 Å². The van der Waals surface area contributed by atoms with Gasteiger partial charge in [0.1, 0.15) is 5.69 Å². The molecule has 1 aliphatic rings. The summed E-state index contributed by atoms with van der Waals surface area (Å²) < 4.78 is 5.36. The van der Waals surface area contributed by atoms with E-state index >= 15 is 0 Å². The van der Waals surface area contributed by atoms with Crippen LogP contribution in [0.2, 0.25) is 0 Å². The molecule has 0 radical (unpaired) electrons. The maximum atomic E-state index is 11.0. The number of carbonyl (C=O) groups is 1. The zero-order valence-electron chi connectivity index (χ0n) is 12.2. The van der Waals surface area contributed by atoms with Crippen molar-refractivity contribution in [2.45, 2.75) is 19.3 Å². The third-order valence-corrected chi connectivity index (χ3v) is 4.15. The van der Waals surface area contributed by atoms with Crippen LogP contribution in [0.1, 0.15) is 18.5 Å². The van der Waals surface area contributed by atoms with Crippen LogP contribution in [0.5, 0.6) is 0 Å². The molecule has 2 aromatic rings. The Morgan fingerprint density at radius 3 is 3.09 bits per heavy atom. The number of nitrogens with one attached hydrogen (secondary N) is 1. The predicted octanol–water partition coefficient (Wildman–Crippen LogP) is 1.98. The highest BCUT2D eigenvalue weighted by atomic mass is 16.5. The van der Waals surface area contributed by atoms with Crippen molar-refractivity contribution in [2.75, 3.05) is 13.1 Å². The van der Waals surface area contributed by atoms with Crippen molar-refractivity contribution < 1.29 is 14.4 Å². The highest BCUT2D eigenvalue weighted by Gasteiger charge is 2.28. The number of carboxylic acids is 1. The van der Waals surface area contributed by atoms with Gasteiger partial charge in [0.15, 0.2) is 5.76 Å². The summed E-state index contributed by atoms with van der Waals surface area (Å²) in [6.45, 7) is 1.70. The second-order valence-electron chi connectivity index (χ2n) is 5.71. The molecule has 0 aliphatic carbocycles. The van der Waals surface area contributed by atoms with Crippen LogP contribution in [0.4, 0.5) is 0 Å². The largest absolute Gasteiger partial charge is 0.481 e. The van der Waals surface area contributed by atoms with E-state index in [2.05, 4.69) is 15.5 Å². The van der Waals surface area contributed by atoms with Crippen LogP contribution in [-0.2, 0) is 11.2 Å². The minimum atomic E-state index is -0.730. The van der Waals surface area contributed by atoms with Gasteiger partial charge in [-0.05, 0) is 49.9 Å². The minimum absolute atomic E-state index is 0.189. The van der Waals surface area contributed by atoms with Gasteiger partial charge >= 0.3 is 5.97 Å². The summed E-state index contributed by atoms with van der Waals surface area (Å²) in [4.78, 5) is 15.2. The molecule has 2 unspecified atom stereocenters. The molecule has 0 aromatic carbocycles. The summed E-state index contributed by atoms with van der Waals surface area (Å²) in [5.74, 6) is 0.376. The molecular formula is C16H19N3O3. The predicted molar refractivity (Wildman–Crippen MR) is 80.2 cm³/mol. The van der Waals surface area contributed by atoms with Gasteiger partial charge in [0.05, 0.1) is 5.69 Å². The maximum absolute atomic E-state index is 11.0. The van der Waals surface area contributed by atoms with E-state index in [4.69, 9.17) is 9.63 Å². The second-order valence-corrected chi connectivity index (χ2v) is 5.71. The Hall–Kier alpha value is -2.21. The number of nitrogens with zero attached hydrogens (tertiary/aromatic N) is 2. The van der Waals surface area contributed by atoms with Gasteiger partial charge in [-0.1, -0.05) is 11.2 Å². The molecular weight excluding hydrogens is 282 g/mol. The van der Waals surface area contributed by atoms with Gasteiger partial charge in [0, 0.05) is 18.7 Å². The molecule has 6 heteroatoms. The standard InChI is InChI=1S/C16H19N3O3/c20-16(21)8-11-4-6-17-10-12(11)7-13-9-15(22-19-13)14-3-1-2-5-18-14/h1-3,5,9,11-12,17H,4,6-8,10H2,(H,20,21). The van der Waals surface area contributed by atoms with E-state index in [0.717, 1.165) is 37.3 Å². The molecule has 0 bridgehead atoms. The van der Waals surface area contributed by atoms with Crippen molar-refractivity contribution in [3.05, 3.63) is 36.2 Å². The molecule has 1 aliphatic heterocycles. The van der Waals surface area contributed by atoms with Crippen LogP contribution in [0.3, 0.4) is 0 Å². The summed E-state index contributed by atoms with van der Waals surface area (Å²) in [5.41, 5.74) is 1.61. The van der Waals surface area contributed by atoms with Crippen molar-refractivity contribution in [1.29, 1.82) is 0 Å². The van der Waals surface area contributed by atoms with Crippen LogP contribution in [-0.4, -0.2) is 34.3 Å². The molecule has 3 heterocycles. The van der Waals surface area contributed by atoms with Gasteiger partial charge in [-0.25, -0.2) is 0 Å². The van der Waals surface area contributed by atoms with Crippen molar-refractivity contribution in [3.63, 3.8) is 0 Å². The summed E-state index contributed by atoms with van der Waals surface area (Å²) in [5, 5.41) is 16.5. The summed E-state index contributed by atoms with van der Waals surface area (Å²) in [7, 11) is 0. The zero-order chi connectivity index (χ0) is 15.4. The number of hydrogen-bond donors (Lipinski definition) is 2. The first-order chi connectivity index (χ1) is 10.7. The van der Waals surface area contributed by atoms with Gasteiger partial charge in [-0.15, -0.1) is 0 Å². The first-order valence-corrected chi connectivity index (χ1v) is 7.52. The monoisotopic (exact) mass is 301 g/mol.